The van der Waals surface area contributed by atoms with Crippen LogP contribution in [0.15, 0.2) is 59.3 Å². The van der Waals surface area contributed by atoms with Crippen LogP contribution in [0.2, 0.25) is 5.02 Å². The summed E-state index contributed by atoms with van der Waals surface area (Å²) in [5.74, 6) is 1.75. The van der Waals surface area contributed by atoms with E-state index in [-0.39, 0.29) is 12.4 Å². The van der Waals surface area contributed by atoms with Crippen LogP contribution in [0.3, 0.4) is 0 Å². The SMILES string of the molecule is Cc1c(Cl)cccc1-c1ccc(CNCc2cccnc2)o1.[Cl-]. The third-order valence-corrected chi connectivity index (χ3v) is 3.96. The second-order valence-corrected chi connectivity index (χ2v) is 5.55. The van der Waals surface area contributed by atoms with E-state index in [1.807, 2.05) is 55.6 Å². The van der Waals surface area contributed by atoms with E-state index < -0.39 is 0 Å². The molecule has 0 unspecified atom stereocenters. The highest BCUT2D eigenvalue weighted by atomic mass is 35.5. The molecule has 0 fully saturated rings. The minimum Gasteiger partial charge on any atom is -1.00 e. The number of benzene rings is 1. The molecule has 0 aliphatic carbocycles. The summed E-state index contributed by atoms with van der Waals surface area (Å²) in [7, 11) is 0. The van der Waals surface area contributed by atoms with Gasteiger partial charge in [-0.1, -0.05) is 29.8 Å². The second-order valence-electron chi connectivity index (χ2n) is 5.14. The van der Waals surface area contributed by atoms with Gasteiger partial charge in [-0.25, -0.2) is 0 Å². The molecule has 0 atom stereocenters. The molecular formula is C18H17Cl2N2O-. The Morgan fingerprint density at radius 1 is 1.09 bits per heavy atom. The summed E-state index contributed by atoms with van der Waals surface area (Å²) in [6.45, 7) is 3.44. The molecule has 0 aliphatic rings. The first kappa shape index (κ1) is 17.5. The Kier molecular flexibility index (Phi) is 6.22. The van der Waals surface area contributed by atoms with Crippen LogP contribution in [-0.4, -0.2) is 4.98 Å². The Morgan fingerprint density at radius 2 is 1.96 bits per heavy atom. The van der Waals surface area contributed by atoms with Gasteiger partial charge in [0.2, 0.25) is 0 Å². The van der Waals surface area contributed by atoms with Crippen molar-refractivity contribution in [3.8, 4) is 11.3 Å². The monoisotopic (exact) mass is 347 g/mol. The van der Waals surface area contributed by atoms with Crippen molar-refractivity contribution in [3.05, 3.63) is 76.8 Å². The number of hydrogen-bond acceptors (Lipinski definition) is 3. The normalized spacial score (nSPS) is 10.3. The van der Waals surface area contributed by atoms with Gasteiger partial charge in [0.15, 0.2) is 0 Å². The molecule has 0 saturated heterocycles. The number of halogens is 2. The lowest BCUT2D eigenvalue weighted by Gasteiger charge is -2.05. The molecule has 0 radical (unpaired) electrons. The molecule has 0 aliphatic heterocycles. The molecule has 2 heterocycles. The number of pyridine rings is 1. The first-order valence-corrected chi connectivity index (χ1v) is 7.55. The van der Waals surface area contributed by atoms with E-state index in [0.717, 1.165) is 39.8 Å². The average molecular weight is 348 g/mol. The summed E-state index contributed by atoms with van der Waals surface area (Å²) < 4.78 is 5.91. The van der Waals surface area contributed by atoms with Crippen molar-refractivity contribution >= 4 is 11.6 Å². The molecule has 0 spiro atoms. The number of hydrogen-bond donors (Lipinski definition) is 1. The number of rotatable bonds is 5. The molecule has 3 rings (SSSR count). The smallest absolute Gasteiger partial charge is 0.134 e. The summed E-state index contributed by atoms with van der Waals surface area (Å²) in [6.07, 6.45) is 3.63. The van der Waals surface area contributed by atoms with E-state index in [1.54, 1.807) is 6.20 Å². The zero-order chi connectivity index (χ0) is 15.4. The van der Waals surface area contributed by atoms with E-state index in [0.29, 0.717) is 6.54 Å². The summed E-state index contributed by atoms with van der Waals surface area (Å²) in [5.41, 5.74) is 3.22. The van der Waals surface area contributed by atoms with E-state index in [2.05, 4.69) is 10.3 Å². The van der Waals surface area contributed by atoms with Crippen molar-refractivity contribution in [2.75, 3.05) is 0 Å². The third-order valence-electron chi connectivity index (χ3n) is 3.55. The van der Waals surface area contributed by atoms with Crippen LogP contribution < -0.4 is 17.7 Å². The van der Waals surface area contributed by atoms with E-state index in [1.165, 1.54) is 0 Å². The van der Waals surface area contributed by atoms with Crippen LogP contribution in [-0.2, 0) is 13.1 Å². The summed E-state index contributed by atoms with van der Waals surface area (Å²) in [6, 6.07) is 13.8. The van der Waals surface area contributed by atoms with Gasteiger partial charge in [-0.2, -0.15) is 0 Å². The highest BCUT2D eigenvalue weighted by Gasteiger charge is 2.09. The Morgan fingerprint density at radius 3 is 2.74 bits per heavy atom. The molecule has 1 aromatic carbocycles. The van der Waals surface area contributed by atoms with Gasteiger partial charge in [0.25, 0.3) is 0 Å². The second kappa shape index (κ2) is 8.16. The van der Waals surface area contributed by atoms with Gasteiger partial charge in [0.1, 0.15) is 11.5 Å². The Hall–Kier alpha value is -1.81. The molecule has 120 valence electrons. The molecule has 5 heteroatoms. The number of nitrogens with zero attached hydrogens (tertiary/aromatic N) is 1. The van der Waals surface area contributed by atoms with Crippen LogP contribution in [0, 0.1) is 6.92 Å². The van der Waals surface area contributed by atoms with Crippen LogP contribution in [0.5, 0.6) is 0 Å². The summed E-state index contributed by atoms with van der Waals surface area (Å²) in [4.78, 5) is 4.10. The van der Waals surface area contributed by atoms with Gasteiger partial charge in [0.05, 0.1) is 6.54 Å². The number of furan rings is 1. The Labute approximate surface area is 147 Å². The average Bonchev–Trinajstić information content (AvgIpc) is 3.00. The van der Waals surface area contributed by atoms with Crippen LogP contribution >= 0.6 is 11.6 Å². The highest BCUT2D eigenvalue weighted by Crippen LogP contribution is 2.29. The molecule has 3 aromatic rings. The fourth-order valence-electron chi connectivity index (χ4n) is 2.32. The first-order chi connectivity index (χ1) is 10.7. The molecule has 0 bridgehead atoms. The maximum Gasteiger partial charge on any atom is 0.134 e. The van der Waals surface area contributed by atoms with Gasteiger partial charge in [0, 0.05) is 29.5 Å². The Balaban J connectivity index is 0.00000192. The standard InChI is InChI=1S/C18H17ClN2O.ClH/c1-13-16(5-2-6-17(13)19)18-8-7-15(22-18)12-21-11-14-4-3-9-20-10-14;/h2-10,21H,11-12H2,1H3;1H/p-1. The maximum atomic E-state index is 6.16. The molecule has 1 N–H and O–H groups in total. The molecule has 0 amide bonds. The maximum absolute atomic E-state index is 6.16. The predicted molar refractivity (Wildman–Crippen MR) is 88.7 cm³/mol. The molecule has 23 heavy (non-hydrogen) atoms. The van der Waals surface area contributed by atoms with E-state index in [4.69, 9.17) is 16.0 Å². The van der Waals surface area contributed by atoms with Gasteiger partial charge in [-0.3, -0.25) is 4.98 Å². The number of nitrogens with one attached hydrogen (secondary N) is 1. The van der Waals surface area contributed by atoms with Crippen LogP contribution in [0.4, 0.5) is 0 Å². The van der Waals surface area contributed by atoms with Crippen molar-refractivity contribution in [1.82, 2.24) is 10.3 Å². The minimum atomic E-state index is 0. The largest absolute Gasteiger partial charge is 1.00 e. The summed E-state index contributed by atoms with van der Waals surface area (Å²) >= 11 is 6.16. The van der Waals surface area contributed by atoms with Crippen LogP contribution in [0.1, 0.15) is 16.9 Å². The van der Waals surface area contributed by atoms with Crippen molar-refractivity contribution in [2.45, 2.75) is 20.0 Å². The van der Waals surface area contributed by atoms with E-state index >= 15 is 0 Å². The molecule has 3 nitrogen and oxygen atoms in total. The van der Waals surface area contributed by atoms with Crippen LogP contribution in [0.25, 0.3) is 11.3 Å². The lowest BCUT2D eigenvalue weighted by atomic mass is 10.1. The van der Waals surface area contributed by atoms with Crippen molar-refractivity contribution in [2.24, 2.45) is 0 Å². The zero-order valence-corrected chi connectivity index (χ0v) is 14.2. The van der Waals surface area contributed by atoms with Gasteiger partial charge in [-0.05, 0) is 42.3 Å². The van der Waals surface area contributed by atoms with E-state index in [9.17, 15) is 0 Å². The molecular weight excluding hydrogens is 331 g/mol. The molecule has 0 saturated carbocycles. The van der Waals surface area contributed by atoms with Gasteiger partial charge >= 0.3 is 0 Å². The fourth-order valence-corrected chi connectivity index (χ4v) is 2.50. The first-order valence-electron chi connectivity index (χ1n) is 7.18. The lowest BCUT2D eigenvalue weighted by Crippen LogP contribution is -3.00. The van der Waals surface area contributed by atoms with Crippen molar-refractivity contribution in [1.29, 1.82) is 0 Å². The zero-order valence-electron chi connectivity index (χ0n) is 12.7. The van der Waals surface area contributed by atoms with Gasteiger partial charge < -0.3 is 22.1 Å². The topological polar surface area (TPSA) is 38.1 Å². The van der Waals surface area contributed by atoms with Crippen molar-refractivity contribution < 1.29 is 16.8 Å². The van der Waals surface area contributed by atoms with Crippen molar-refractivity contribution in [3.63, 3.8) is 0 Å². The Bertz CT molecular complexity index is 757. The summed E-state index contributed by atoms with van der Waals surface area (Å²) in [5, 5.41) is 4.10. The highest BCUT2D eigenvalue weighted by molar-refractivity contribution is 6.31. The third kappa shape index (κ3) is 4.35. The molecule has 2 aromatic heterocycles. The predicted octanol–water partition coefficient (Wildman–Crippen LogP) is 1.60. The quantitative estimate of drug-likeness (QED) is 0.761. The number of aromatic nitrogens is 1. The minimum absolute atomic E-state index is 0. The lowest BCUT2D eigenvalue weighted by molar-refractivity contribution is -0.00000503. The fraction of sp³-hybridized carbons (Fsp3) is 0.167. The van der Waals surface area contributed by atoms with Gasteiger partial charge in [-0.15, -0.1) is 0 Å².